The van der Waals surface area contributed by atoms with Gasteiger partial charge in [-0.05, 0) is 26.3 Å². The topological polar surface area (TPSA) is 76.2 Å². The highest BCUT2D eigenvalue weighted by molar-refractivity contribution is 6.01. The Bertz CT molecular complexity index is 637. The van der Waals surface area contributed by atoms with E-state index in [2.05, 4.69) is 0 Å². The minimum atomic E-state index is -1.23. The molecule has 0 N–H and O–H groups in total. The normalized spacial score (nSPS) is 14.7. The Hall–Kier alpha value is -2.57. The third-order valence-corrected chi connectivity index (χ3v) is 4.35. The second-order valence-electron chi connectivity index (χ2n) is 6.66. The molecule has 0 radical (unpaired) electrons. The van der Waals surface area contributed by atoms with Crippen molar-refractivity contribution < 1.29 is 23.9 Å². The number of rotatable bonds is 5. The van der Waals surface area contributed by atoms with E-state index in [9.17, 15) is 14.4 Å². The predicted molar refractivity (Wildman–Crippen MR) is 95.2 cm³/mol. The Labute approximate surface area is 153 Å². The number of amides is 2. The first-order chi connectivity index (χ1) is 12.4. The Morgan fingerprint density at radius 1 is 0.962 bits per heavy atom. The highest BCUT2D eigenvalue weighted by atomic mass is 16.6. The number of piperazine rings is 1. The average molecular weight is 362 g/mol. The molecule has 26 heavy (non-hydrogen) atoms. The standard InChI is InChI=1S/C19H26N2O5/c1-4-25-17(23)19(2,3)16(22)20-10-12-21(13-11-20)18(24)26-14-15-8-6-5-7-9-15/h5-9H,4,10-14H2,1-3H3. The van der Waals surface area contributed by atoms with Gasteiger partial charge in [0, 0.05) is 26.2 Å². The molecule has 1 saturated heterocycles. The molecule has 1 aliphatic heterocycles. The first-order valence-electron chi connectivity index (χ1n) is 8.78. The molecule has 0 spiro atoms. The number of ether oxygens (including phenoxy) is 2. The van der Waals surface area contributed by atoms with E-state index >= 15 is 0 Å². The Kier molecular flexibility index (Phi) is 6.60. The summed E-state index contributed by atoms with van der Waals surface area (Å²) in [7, 11) is 0. The average Bonchev–Trinajstić information content (AvgIpc) is 2.66. The maximum Gasteiger partial charge on any atom is 0.410 e. The lowest BCUT2D eigenvalue weighted by Gasteiger charge is -2.37. The van der Waals surface area contributed by atoms with Crippen LogP contribution in [0.2, 0.25) is 0 Å². The fraction of sp³-hybridized carbons (Fsp3) is 0.526. The van der Waals surface area contributed by atoms with Crippen LogP contribution in [0.3, 0.4) is 0 Å². The molecule has 0 aliphatic carbocycles. The van der Waals surface area contributed by atoms with Gasteiger partial charge in [0.05, 0.1) is 6.61 Å². The first-order valence-corrected chi connectivity index (χ1v) is 8.78. The molecule has 7 heteroatoms. The zero-order chi connectivity index (χ0) is 19.2. The number of nitrogens with zero attached hydrogens (tertiary/aromatic N) is 2. The van der Waals surface area contributed by atoms with Gasteiger partial charge in [-0.3, -0.25) is 9.59 Å². The van der Waals surface area contributed by atoms with E-state index in [4.69, 9.17) is 9.47 Å². The van der Waals surface area contributed by atoms with Gasteiger partial charge < -0.3 is 19.3 Å². The van der Waals surface area contributed by atoms with E-state index in [0.29, 0.717) is 26.2 Å². The smallest absolute Gasteiger partial charge is 0.410 e. The lowest BCUT2D eigenvalue weighted by atomic mass is 9.91. The van der Waals surface area contributed by atoms with E-state index < -0.39 is 17.5 Å². The predicted octanol–water partition coefficient (Wildman–Crippen LogP) is 2.06. The van der Waals surface area contributed by atoms with Crippen molar-refractivity contribution in [2.75, 3.05) is 32.8 Å². The maximum atomic E-state index is 12.6. The van der Waals surface area contributed by atoms with E-state index in [1.54, 1.807) is 30.6 Å². The van der Waals surface area contributed by atoms with Crippen molar-refractivity contribution in [3.05, 3.63) is 35.9 Å². The molecule has 1 fully saturated rings. The SMILES string of the molecule is CCOC(=O)C(C)(C)C(=O)N1CCN(C(=O)OCc2ccccc2)CC1. The van der Waals surface area contributed by atoms with Crippen LogP contribution in [-0.4, -0.2) is 60.6 Å². The number of carbonyl (C=O) groups excluding carboxylic acids is 3. The molecule has 0 aromatic heterocycles. The highest BCUT2D eigenvalue weighted by Crippen LogP contribution is 2.22. The lowest BCUT2D eigenvalue weighted by Crippen LogP contribution is -2.55. The minimum Gasteiger partial charge on any atom is -0.465 e. The van der Waals surface area contributed by atoms with Crippen LogP contribution in [0.25, 0.3) is 0 Å². The largest absolute Gasteiger partial charge is 0.465 e. The van der Waals surface area contributed by atoms with Gasteiger partial charge in [-0.15, -0.1) is 0 Å². The number of hydrogen-bond donors (Lipinski definition) is 0. The van der Waals surface area contributed by atoms with E-state index in [1.807, 2.05) is 30.3 Å². The summed E-state index contributed by atoms with van der Waals surface area (Å²) < 4.78 is 10.3. The summed E-state index contributed by atoms with van der Waals surface area (Å²) in [5, 5.41) is 0. The zero-order valence-electron chi connectivity index (χ0n) is 15.6. The summed E-state index contributed by atoms with van der Waals surface area (Å²) >= 11 is 0. The van der Waals surface area contributed by atoms with Crippen molar-refractivity contribution >= 4 is 18.0 Å². The van der Waals surface area contributed by atoms with Gasteiger partial charge in [-0.2, -0.15) is 0 Å². The van der Waals surface area contributed by atoms with Gasteiger partial charge in [0.15, 0.2) is 0 Å². The molecule has 0 saturated carbocycles. The number of hydrogen-bond acceptors (Lipinski definition) is 5. The van der Waals surface area contributed by atoms with Gasteiger partial charge >= 0.3 is 12.1 Å². The molecule has 1 aromatic rings. The van der Waals surface area contributed by atoms with Crippen molar-refractivity contribution in [1.82, 2.24) is 9.80 Å². The van der Waals surface area contributed by atoms with Crippen molar-refractivity contribution in [1.29, 1.82) is 0 Å². The fourth-order valence-corrected chi connectivity index (χ4v) is 2.70. The molecule has 0 bridgehead atoms. The van der Waals surface area contributed by atoms with E-state index in [0.717, 1.165) is 5.56 Å². The maximum absolute atomic E-state index is 12.6. The quantitative estimate of drug-likeness (QED) is 0.592. The fourth-order valence-electron chi connectivity index (χ4n) is 2.70. The molecular weight excluding hydrogens is 336 g/mol. The summed E-state index contributed by atoms with van der Waals surface area (Å²) in [6, 6.07) is 9.46. The van der Waals surface area contributed by atoms with Crippen LogP contribution in [0.4, 0.5) is 4.79 Å². The monoisotopic (exact) mass is 362 g/mol. The van der Waals surface area contributed by atoms with E-state index in [1.165, 1.54) is 0 Å². The van der Waals surface area contributed by atoms with Crippen LogP contribution in [0.1, 0.15) is 26.3 Å². The first kappa shape index (κ1) is 19.8. The van der Waals surface area contributed by atoms with Gasteiger partial charge in [0.25, 0.3) is 0 Å². The van der Waals surface area contributed by atoms with Gasteiger partial charge in [-0.1, -0.05) is 30.3 Å². The van der Waals surface area contributed by atoms with Crippen LogP contribution in [-0.2, 0) is 25.7 Å². The van der Waals surface area contributed by atoms with Crippen molar-refractivity contribution in [3.8, 4) is 0 Å². The third kappa shape index (κ3) is 4.74. The molecular formula is C19H26N2O5. The third-order valence-electron chi connectivity index (χ3n) is 4.35. The van der Waals surface area contributed by atoms with Gasteiger partial charge in [-0.25, -0.2) is 4.79 Å². The summed E-state index contributed by atoms with van der Waals surface area (Å²) in [5.41, 5.74) is -0.308. The molecule has 0 atom stereocenters. The molecule has 1 heterocycles. The second kappa shape index (κ2) is 8.69. The molecule has 2 amide bonds. The van der Waals surface area contributed by atoms with Crippen molar-refractivity contribution in [3.63, 3.8) is 0 Å². The molecule has 0 unspecified atom stereocenters. The van der Waals surface area contributed by atoms with Crippen molar-refractivity contribution in [2.24, 2.45) is 5.41 Å². The van der Waals surface area contributed by atoms with E-state index in [-0.39, 0.29) is 19.1 Å². The van der Waals surface area contributed by atoms with Crippen LogP contribution in [0.5, 0.6) is 0 Å². The second-order valence-corrected chi connectivity index (χ2v) is 6.66. The molecule has 1 aromatic carbocycles. The number of esters is 1. The molecule has 7 nitrogen and oxygen atoms in total. The van der Waals surface area contributed by atoms with Crippen molar-refractivity contribution in [2.45, 2.75) is 27.4 Å². The zero-order valence-corrected chi connectivity index (χ0v) is 15.6. The van der Waals surface area contributed by atoms with Crippen LogP contribution >= 0.6 is 0 Å². The Morgan fingerprint density at radius 3 is 2.12 bits per heavy atom. The summed E-state index contributed by atoms with van der Waals surface area (Å²) in [4.78, 5) is 39.9. The Balaban J connectivity index is 1.83. The molecule has 142 valence electrons. The molecule has 1 aliphatic rings. The Morgan fingerprint density at radius 2 is 1.54 bits per heavy atom. The van der Waals surface area contributed by atoms with Gasteiger partial charge in [0.1, 0.15) is 12.0 Å². The summed E-state index contributed by atoms with van der Waals surface area (Å²) in [5.74, 6) is -0.817. The van der Waals surface area contributed by atoms with Crippen LogP contribution < -0.4 is 0 Å². The number of carbonyl (C=O) groups is 3. The molecule has 2 rings (SSSR count). The number of benzene rings is 1. The minimum absolute atomic E-state index is 0.217. The summed E-state index contributed by atoms with van der Waals surface area (Å²) in [6.45, 7) is 6.76. The highest BCUT2D eigenvalue weighted by Gasteiger charge is 2.41. The van der Waals surface area contributed by atoms with Crippen LogP contribution in [0.15, 0.2) is 30.3 Å². The summed E-state index contributed by atoms with van der Waals surface area (Å²) in [6.07, 6.45) is -0.398. The lowest BCUT2D eigenvalue weighted by molar-refractivity contribution is -0.163. The van der Waals surface area contributed by atoms with Gasteiger partial charge in [0.2, 0.25) is 5.91 Å². The van der Waals surface area contributed by atoms with Crippen LogP contribution in [0, 0.1) is 5.41 Å².